The molecule has 10 heteroatoms. The molecule has 0 spiro atoms. The molecule has 0 saturated carbocycles. The van der Waals surface area contributed by atoms with Crippen molar-refractivity contribution in [2.24, 2.45) is 0 Å². The third-order valence-corrected chi connectivity index (χ3v) is 4.80. The van der Waals surface area contributed by atoms with E-state index in [-0.39, 0.29) is 37.1 Å². The van der Waals surface area contributed by atoms with Crippen molar-refractivity contribution in [3.8, 4) is 0 Å². The van der Waals surface area contributed by atoms with E-state index in [2.05, 4.69) is 10.6 Å². The zero-order chi connectivity index (χ0) is 21.7. The number of halogens is 1. The number of ether oxygens (including phenoxy) is 1. The number of hydrogen-bond donors (Lipinski definition) is 3. The van der Waals surface area contributed by atoms with E-state index in [0.29, 0.717) is 12.2 Å². The number of nitro groups is 1. The number of nitrogens with one attached hydrogen (secondary N) is 2. The van der Waals surface area contributed by atoms with E-state index in [1.807, 2.05) is 6.92 Å². The first-order chi connectivity index (χ1) is 14.4. The molecule has 9 nitrogen and oxygen atoms in total. The van der Waals surface area contributed by atoms with Crippen LogP contribution in [0.3, 0.4) is 0 Å². The van der Waals surface area contributed by atoms with Crippen molar-refractivity contribution < 1.29 is 24.0 Å². The molecule has 1 saturated heterocycles. The van der Waals surface area contributed by atoms with Crippen LogP contribution in [0.25, 0.3) is 0 Å². The van der Waals surface area contributed by atoms with Crippen molar-refractivity contribution in [2.75, 3.05) is 36.5 Å². The minimum absolute atomic E-state index is 0.0126. The summed E-state index contributed by atoms with van der Waals surface area (Å²) in [6, 6.07) is 10.5. The number of anilines is 2. The highest BCUT2D eigenvalue weighted by atomic mass is 19.1. The third kappa shape index (κ3) is 5.02. The van der Waals surface area contributed by atoms with Gasteiger partial charge >= 0.3 is 6.09 Å². The van der Waals surface area contributed by atoms with Gasteiger partial charge in [-0.2, -0.15) is 0 Å². The molecule has 0 radical (unpaired) electrons. The number of amides is 1. The number of nitro benzene ring substituents is 1. The largest absolute Gasteiger partial charge is 0.443 e. The van der Waals surface area contributed by atoms with Gasteiger partial charge in [-0.3, -0.25) is 15.0 Å². The van der Waals surface area contributed by atoms with Crippen LogP contribution in [0.5, 0.6) is 0 Å². The minimum Gasteiger partial charge on any atom is -0.443 e. The van der Waals surface area contributed by atoms with Gasteiger partial charge < -0.3 is 20.5 Å². The van der Waals surface area contributed by atoms with Gasteiger partial charge in [-0.25, -0.2) is 9.18 Å². The van der Waals surface area contributed by atoms with Crippen molar-refractivity contribution in [1.29, 1.82) is 0 Å². The van der Waals surface area contributed by atoms with E-state index in [1.165, 1.54) is 29.2 Å². The summed E-state index contributed by atoms with van der Waals surface area (Å²) in [7, 11) is 0. The number of aliphatic hydroxyl groups is 1. The Kier molecular flexibility index (Phi) is 6.80. The molecule has 2 atom stereocenters. The Labute approximate surface area is 172 Å². The molecule has 160 valence electrons. The molecule has 1 fully saturated rings. The zero-order valence-corrected chi connectivity index (χ0v) is 16.4. The van der Waals surface area contributed by atoms with Gasteiger partial charge in [-0.1, -0.05) is 12.1 Å². The summed E-state index contributed by atoms with van der Waals surface area (Å²) in [5, 5.41) is 25.7. The fraction of sp³-hybridized carbons (Fsp3) is 0.350. The van der Waals surface area contributed by atoms with Crippen LogP contribution in [0, 0.1) is 15.9 Å². The van der Waals surface area contributed by atoms with E-state index in [4.69, 9.17) is 9.84 Å². The minimum atomic E-state index is -0.569. The first-order valence-electron chi connectivity index (χ1n) is 9.49. The van der Waals surface area contributed by atoms with Gasteiger partial charge in [0.15, 0.2) is 0 Å². The Morgan fingerprint density at radius 2 is 2.17 bits per heavy atom. The number of non-ortho nitro benzene ring substituents is 1. The Morgan fingerprint density at radius 3 is 2.87 bits per heavy atom. The topological polar surface area (TPSA) is 117 Å². The van der Waals surface area contributed by atoms with Crippen LogP contribution in [0.2, 0.25) is 0 Å². The van der Waals surface area contributed by atoms with Gasteiger partial charge in [0.25, 0.3) is 5.69 Å². The fourth-order valence-corrected chi connectivity index (χ4v) is 3.18. The van der Waals surface area contributed by atoms with E-state index in [1.54, 1.807) is 18.2 Å². The van der Waals surface area contributed by atoms with Crippen molar-refractivity contribution in [3.63, 3.8) is 0 Å². The molecule has 3 rings (SSSR count). The predicted octanol–water partition coefficient (Wildman–Crippen LogP) is 2.81. The molecule has 3 N–H and O–H groups in total. The summed E-state index contributed by atoms with van der Waals surface area (Å²) in [5.74, 6) is -0.533. The van der Waals surface area contributed by atoms with Crippen LogP contribution in [-0.4, -0.2) is 48.5 Å². The predicted molar refractivity (Wildman–Crippen MR) is 109 cm³/mol. The molecule has 0 aromatic heterocycles. The summed E-state index contributed by atoms with van der Waals surface area (Å²) in [6.07, 6.45) is -1.02. The first kappa shape index (κ1) is 21.5. The Hall–Kier alpha value is -3.24. The molecular formula is C20H23FN4O5. The number of nitrogens with zero attached hydrogens (tertiary/aromatic N) is 2. The molecule has 1 aliphatic heterocycles. The van der Waals surface area contributed by atoms with Gasteiger partial charge in [0.05, 0.1) is 29.4 Å². The number of hydrogen-bond acceptors (Lipinski definition) is 7. The van der Waals surface area contributed by atoms with Gasteiger partial charge in [-0.05, 0) is 30.7 Å². The maximum Gasteiger partial charge on any atom is 0.414 e. The second-order valence-electron chi connectivity index (χ2n) is 6.91. The number of cyclic esters (lactones) is 1. The molecule has 30 heavy (non-hydrogen) atoms. The third-order valence-electron chi connectivity index (χ3n) is 4.80. The van der Waals surface area contributed by atoms with E-state index >= 15 is 0 Å². The number of carbonyl (C=O) groups is 1. The van der Waals surface area contributed by atoms with Crippen LogP contribution < -0.4 is 15.5 Å². The summed E-state index contributed by atoms with van der Waals surface area (Å²) >= 11 is 0. The second-order valence-corrected chi connectivity index (χ2v) is 6.91. The number of aliphatic hydroxyl groups excluding tert-OH is 1. The monoisotopic (exact) mass is 418 g/mol. The van der Waals surface area contributed by atoms with E-state index < -0.39 is 22.9 Å². The molecule has 0 bridgehead atoms. The van der Waals surface area contributed by atoms with Crippen LogP contribution in [0.15, 0.2) is 42.5 Å². The average Bonchev–Trinajstić information content (AvgIpc) is 3.11. The van der Waals surface area contributed by atoms with Gasteiger partial charge in [0.2, 0.25) is 0 Å². The molecule has 1 heterocycles. The molecule has 2 aromatic rings. The SMILES string of the molecule is C[C@H](NC[C@@H]1CN(c2ccc(NCCO)c(F)c2)C(=O)O1)c1cccc([N+](=O)[O-])c1. The maximum atomic E-state index is 14.2. The highest BCUT2D eigenvalue weighted by Crippen LogP contribution is 2.26. The summed E-state index contributed by atoms with van der Waals surface area (Å²) in [5.41, 5.74) is 1.38. The van der Waals surface area contributed by atoms with Crippen molar-refractivity contribution in [2.45, 2.75) is 19.1 Å². The molecule has 1 amide bonds. The number of rotatable bonds is 9. The van der Waals surface area contributed by atoms with Gasteiger partial charge in [0.1, 0.15) is 11.9 Å². The van der Waals surface area contributed by atoms with Gasteiger partial charge in [-0.15, -0.1) is 0 Å². The Morgan fingerprint density at radius 1 is 1.37 bits per heavy atom. The lowest BCUT2D eigenvalue weighted by Gasteiger charge is -2.17. The molecule has 0 aliphatic carbocycles. The second kappa shape index (κ2) is 9.51. The first-order valence-corrected chi connectivity index (χ1v) is 9.49. The van der Waals surface area contributed by atoms with E-state index in [9.17, 15) is 19.3 Å². The van der Waals surface area contributed by atoms with Crippen molar-refractivity contribution >= 4 is 23.2 Å². The number of benzene rings is 2. The standard InChI is InChI=1S/C20H23FN4O5/c1-13(14-3-2-4-16(9-14)25(28)29)23-11-17-12-24(20(27)30-17)15-5-6-19(18(21)10-15)22-7-8-26/h2-6,9-10,13,17,22-23,26H,7-8,11-12H2,1H3/t13-,17+/m0/s1. The lowest BCUT2D eigenvalue weighted by atomic mass is 10.1. The highest BCUT2D eigenvalue weighted by molar-refractivity contribution is 5.90. The smallest absolute Gasteiger partial charge is 0.414 e. The van der Waals surface area contributed by atoms with Crippen molar-refractivity contribution in [3.05, 3.63) is 64.0 Å². The average molecular weight is 418 g/mol. The lowest BCUT2D eigenvalue weighted by molar-refractivity contribution is -0.384. The Bertz CT molecular complexity index is 926. The zero-order valence-electron chi connectivity index (χ0n) is 16.4. The number of carbonyl (C=O) groups excluding carboxylic acids is 1. The van der Waals surface area contributed by atoms with Crippen LogP contribution in [-0.2, 0) is 4.74 Å². The highest BCUT2D eigenvalue weighted by Gasteiger charge is 2.32. The molecule has 2 aromatic carbocycles. The van der Waals surface area contributed by atoms with Crippen LogP contribution in [0.4, 0.5) is 26.2 Å². The summed E-state index contributed by atoms with van der Waals surface area (Å²) in [6.45, 7) is 2.55. The molecular weight excluding hydrogens is 395 g/mol. The summed E-state index contributed by atoms with van der Waals surface area (Å²) < 4.78 is 19.6. The van der Waals surface area contributed by atoms with E-state index in [0.717, 1.165) is 5.56 Å². The Balaban J connectivity index is 1.59. The normalized spacial score (nSPS) is 17.0. The lowest BCUT2D eigenvalue weighted by Crippen LogP contribution is -2.32. The fourth-order valence-electron chi connectivity index (χ4n) is 3.18. The maximum absolute atomic E-state index is 14.2. The van der Waals surface area contributed by atoms with Crippen LogP contribution >= 0.6 is 0 Å². The molecule has 1 aliphatic rings. The van der Waals surface area contributed by atoms with Gasteiger partial charge in [0, 0.05) is 31.3 Å². The van der Waals surface area contributed by atoms with Crippen molar-refractivity contribution in [1.82, 2.24) is 5.32 Å². The van der Waals surface area contributed by atoms with Crippen LogP contribution in [0.1, 0.15) is 18.5 Å². The quantitative estimate of drug-likeness (QED) is 0.423. The molecule has 0 unspecified atom stereocenters. The summed E-state index contributed by atoms with van der Waals surface area (Å²) in [4.78, 5) is 24.0.